The van der Waals surface area contributed by atoms with Crippen molar-refractivity contribution in [3.05, 3.63) is 58.6 Å². The molecule has 2 aliphatic rings. The van der Waals surface area contributed by atoms with E-state index < -0.39 is 0 Å². The highest BCUT2D eigenvalue weighted by atomic mass is 32.1. The second-order valence-corrected chi connectivity index (χ2v) is 9.11. The lowest BCUT2D eigenvalue weighted by Crippen LogP contribution is -2.48. The molecule has 2 amide bonds. The van der Waals surface area contributed by atoms with E-state index in [0.717, 1.165) is 23.3 Å². The molecule has 1 aromatic carbocycles. The van der Waals surface area contributed by atoms with E-state index in [9.17, 15) is 9.59 Å². The zero-order valence-corrected chi connectivity index (χ0v) is 18.0. The van der Waals surface area contributed by atoms with E-state index in [0.29, 0.717) is 44.2 Å². The number of amides is 2. The number of likely N-dealkylation sites (tertiary alicyclic amines) is 2. The Morgan fingerprint density at radius 1 is 1.10 bits per heavy atom. The Balaban J connectivity index is 1.21. The average Bonchev–Trinajstić information content (AvgIpc) is 3.57. The largest absolute Gasteiger partial charge is 0.341 e. The molecule has 4 heterocycles. The molecule has 0 radical (unpaired) electrons. The van der Waals surface area contributed by atoms with Gasteiger partial charge in [0, 0.05) is 35.9 Å². The van der Waals surface area contributed by atoms with Crippen molar-refractivity contribution in [2.24, 2.45) is 0 Å². The van der Waals surface area contributed by atoms with Gasteiger partial charge >= 0.3 is 0 Å². The van der Waals surface area contributed by atoms with Gasteiger partial charge in [0.15, 0.2) is 0 Å². The van der Waals surface area contributed by atoms with Crippen LogP contribution in [-0.4, -0.2) is 50.9 Å². The lowest BCUT2D eigenvalue weighted by Gasteiger charge is -2.34. The molecule has 160 valence electrons. The summed E-state index contributed by atoms with van der Waals surface area (Å²) in [5, 5.41) is 6.12. The van der Waals surface area contributed by atoms with Gasteiger partial charge in [-0.3, -0.25) is 9.59 Å². The monoisotopic (exact) mass is 436 g/mol. The number of rotatable bonds is 5. The summed E-state index contributed by atoms with van der Waals surface area (Å²) in [6.07, 6.45) is 2.62. The van der Waals surface area contributed by atoms with Crippen molar-refractivity contribution in [1.82, 2.24) is 19.9 Å². The highest BCUT2D eigenvalue weighted by Gasteiger charge is 2.39. The van der Waals surface area contributed by atoms with Crippen molar-refractivity contribution in [3.63, 3.8) is 0 Å². The third-order valence-electron chi connectivity index (χ3n) is 6.15. The lowest BCUT2D eigenvalue weighted by atomic mass is 9.96. The van der Waals surface area contributed by atoms with Gasteiger partial charge in [-0.1, -0.05) is 41.6 Å². The molecular weight excluding hydrogens is 412 g/mol. The summed E-state index contributed by atoms with van der Waals surface area (Å²) in [6, 6.07) is 13.4. The fourth-order valence-electron chi connectivity index (χ4n) is 4.42. The van der Waals surface area contributed by atoms with Crippen LogP contribution >= 0.6 is 11.3 Å². The zero-order chi connectivity index (χ0) is 21.2. The van der Waals surface area contributed by atoms with Crippen LogP contribution in [0.5, 0.6) is 0 Å². The van der Waals surface area contributed by atoms with Crippen LogP contribution in [0.1, 0.15) is 42.4 Å². The SMILES string of the molecule is O=C(C1CCC(=O)N1Cc1cccs1)N1CCC(c2nc(-c3ccccc3)no2)CC1. The van der Waals surface area contributed by atoms with E-state index in [1.54, 1.807) is 16.2 Å². The summed E-state index contributed by atoms with van der Waals surface area (Å²) in [7, 11) is 0. The summed E-state index contributed by atoms with van der Waals surface area (Å²) in [5.74, 6) is 1.53. The number of carbonyl (C=O) groups excluding carboxylic acids is 2. The van der Waals surface area contributed by atoms with Gasteiger partial charge in [0.25, 0.3) is 0 Å². The number of hydrogen-bond donors (Lipinski definition) is 0. The molecule has 0 aliphatic carbocycles. The molecule has 0 saturated carbocycles. The van der Waals surface area contributed by atoms with E-state index in [2.05, 4.69) is 10.1 Å². The Labute approximate surface area is 184 Å². The molecule has 8 heteroatoms. The maximum absolute atomic E-state index is 13.2. The first-order valence-corrected chi connectivity index (χ1v) is 11.6. The molecule has 0 spiro atoms. The molecule has 1 atom stereocenters. The van der Waals surface area contributed by atoms with Crippen molar-refractivity contribution in [1.29, 1.82) is 0 Å². The molecule has 2 aromatic heterocycles. The van der Waals surface area contributed by atoms with Crippen molar-refractivity contribution >= 4 is 23.2 Å². The molecule has 0 N–H and O–H groups in total. The predicted molar refractivity (Wildman–Crippen MR) is 116 cm³/mol. The molecule has 0 bridgehead atoms. The van der Waals surface area contributed by atoms with Crippen molar-refractivity contribution in [3.8, 4) is 11.4 Å². The Hall–Kier alpha value is -3.00. The van der Waals surface area contributed by atoms with Crippen molar-refractivity contribution in [2.45, 2.75) is 44.2 Å². The van der Waals surface area contributed by atoms with E-state index in [1.165, 1.54) is 0 Å². The molecule has 3 aromatic rings. The molecule has 2 fully saturated rings. The van der Waals surface area contributed by atoms with Crippen molar-refractivity contribution in [2.75, 3.05) is 13.1 Å². The van der Waals surface area contributed by atoms with Crippen LogP contribution in [0.15, 0.2) is 52.4 Å². The van der Waals surface area contributed by atoms with Crippen LogP contribution < -0.4 is 0 Å². The fraction of sp³-hybridized carbons (Fsp3) is 0.391. The van der Waals surface area contributed by atoms with Gasteiger partial charge in [-0.25, -0.2) is 0 Å². The van der Waals surface area contributed by atoms with Crippen molar-refractivity contribution < 1.29 is 14.1 Å². The molecule has 31 heavy (non-hydrogen) atoms. The quantitative estimate of drug-likeness (QED) is 0.609. The second-order valence-electron chi connectivity index (χ2n) is 8.08. The molecule has 2 saturated heterocycles. The highest BCUT2D eigenvalue weighted by Crippen LogP contribution is 2.31. The topological polar surface area (TPSA) is 79.5 Å². The number of hydrogen-bond acceptors (Lipinski definition) is 6. The van der Waals surface area contributed by atoms with Gasteiger partial charge in [-0.2, -0.15) is 4.98 Å². The molecular formula is C23H24N4O3S. The minimum atomic E-state index is -0.348. The summed E-state index contributed by atoms with van der Waals surface area (Å²) >= 11 is 1.62. The zero-order valence-electron chi connectivity index (χ0n) is 17.1. The van der Waals surface area contributed by atoms with Crippen LogP contribution in [0.25, 0.3) is 11.4 Å². The predicted octanol–water partition coefficient (Wildman–Crippen LogP) is 3.70. The number of nitrogens with zero attached hydrogens (tertiary/aromatic N) is 4. The minimum Gasteiger partial charge on any atom is -0.341 e. The summed E-state index contributed by atoms with van der Waals surface area (Å²) in [5.41, 5.74) is 0.932. The highest BCUT2D eigenvalue weighted by molar-refractivity contribution is 7.09. The van der Waals surface area contributed by atoms with E-state index in [1.807, 2.05) is 52.7 Å². The maximum atomic E-state index is 13.2. The van der Waals surface area contributed by atoms with Gasteiger partial charge in [-0.05, 0) is 30.7 Å². The Bertz CT molecular complexity index is 1040. The lowest BCUT2D eigenvalue weighted by molar-refractivity contribution is -0.142. The minimum absolute atomic E-state index is 0.0661. The normalized spacial score (nSPS) is 19.9. The van der Waals surface area contributed by atoms with Gasteiger partial charge in [0.1, 0.15) is 6.04 Å². The summed E-state index contributed by atoms with van der Waals surface area (Å²) in [4.78, 5) is 34.9. The number of aromatic nitrogens is 2. The third-order valence-corrected chi connectivity index (χ3v) is 7.01. The maximum Gasteiger partial charge on any atom is 0.245 e. The van der Waals surface area contributed by atoms with Gasteiger partial charge in [0.05, 0.1) is 6.54 Å². The van der Waals surface area contributed by atoms with Gasteiger partial charge in [-0.15, -0.1) is 11.3 Å². The molecule has 1 unspecified atom stereocenters. The van der Waals surface area contributed by atoms with Crippen LogP contribution in [0, 0.1) is 0 Å². The van der Waals surface area contributed by atoms with Crippen LogP contribution in [-0.2, 0) is 16.1 Å². The number of benzene rings is 1. The smallest absolute Gasteiger partial charge is 0.245 e. The van der Waals surface area contributed by atoms with E-state index >= 15 is 0 Å². The molecule has 5 rings (SSSR count). The van der Waals surface area contributed by atoms with Crippen LogP contribution in [0.3, 0.4) is 0 Å². The first-order chi connectivity index (χ1) is 15.2. The summed E-state index contributed by atoms with van der Waals surface area (Å²) in [6.45, 7) is 1.81. The van der Waals surface area contributed by atoms with E-state index in [-0.39, 0.29) is 23.8 Å². The number of piperidine rings is 1. The first kappa shape index (κ1) is 19.9. The van der Waals surface area contributed by atoms with Crippen LogP contribution in [0.4, 0.5) is 0 Å². The Morgan fingerprint density at radius 2 is 1.90 bits per heavy atom. The van der Waals surface area contributed by atoms with Gasteiger partial charge in [0.2, 0.25) is 23.5 Å². The first-order valence-electron chi connectivity index (χ1n) is 10.7. The average molecular weight is 437 g/mol. The molecule has 2 aliphatic heterocycles. The van der Waals surface area contributed by atoms with E-state index in [4.69, 9.17) is 4.52 Å². The molecule has 7 nitrogen and oxygen atoms in total. The standard InChI is InChI=1S/C23H24N4O3S/c28-20-9-8-19(27(20)15-18-7-4-14-31-18)23(29)26-12-10-17(11-13-26)22-24-21(25-30-22)16-5-2-1-3-6-16/h1-7,14,17,19H,8-13,15H2. The van der Waals surface area contributed by atoms with Crippen LogP contribution in [0.2, 0.25) is 0 Å². The number of carbonyl (C=O) groups is 2. The third kappa shape index (κ3) is 4.12. The Morgan fingerprint density at radius 3 is 2.65 bits per heavy atom. The Kier molecular flexibility index (Phi) is 5.55. The van der Waals surface area contributed by atoms with Gasteiger partial charge < -0.3 is 14.3 Å². The second kappa shape index (κ2) is 8.63. The summed E-state index contributed by atoms with van der Waals surface area (Å²) < 4.78 is 5.53. The fourth-order valence-corrected chi connectivity index (χ4v) is 5.12. The number of thiophene rings is 1.